The van der Waals surface area contributed by atoms with Crippen LogP contribution in [0.3, 0.4) is 0 Å². The molecule has 0 saturated heterocycles. The normalized spacial score (nSPS) is 17.8. The predicted octanol–water partition coefficient (Wildman–Crippen LogP) is 26.1. The van der Waals surface area contributed by atoms with Crippen LogP contribution in [0.15, 0.2) is 0 Å². The maximum atomic E-state index is 11.4. The molecule has 0 aromatic rings. The molecule has 0 aromatic heterocycles. The molecular formula is C22HCl45O3S. The van der Waals surface area contributed by atoms with Crippen molar-refractivity contribution in [3.8, 4) is 0 Å². The summed E-state index contributed by atoms with van der Waals surface area (Å²) in [7, 11) is 0. The highest BCUT2D eigenvalue weighted by Crippen LogP contribution is 2.80. The van der Waals surface area contributed by atoms with Crippen molar-refractivity contribution in [3.05, 3.63) is 0 Å². The van der Waals surface area contributed by atoms with Crippen LogP contribution in [-0.2, 0) is 15.5 Å². The van der Waals surface area contributed by atoms with Gasteiger partial charge in [-0.25, -0.2) is 4.18 Å². The quantitative estimate of drug-likeness (QED) is 0.0868. The SMILES string of the molecule is O=S(O)OC(Cl)(Cl)C(Cl)(Cl)C(Cl)(Cl)C(Cl)(Cl)C(Cl)(Cl)C(Cl)(Cl)C(Cl)(Cl)C(Cl)(Cl)C(Cl)(Cl)C(Cl)(Cl)C(Cl)(Cl)C(Cl)(Cl)C(Cl)(Cl)C(Cl)(Cl)C(Cl)(Cl)C(Cl)(Cl)C(Cl)(Cl)C(Cl)(Cl)C(Cl)(Cl)C(Cl)(Cl)C(Cl)(Cl)C(Cl)(Cl)Cl. The fourth-order valence-electron chi connectivity index (χ4n) is 4.05. The van der Waals surface area contributed by atoms with Gasteiger partial charge in [-0.15, -0.1) is 0 Å². The van der Waals surface area contributed by atoms with Crippen LogP contribution in [-0.4, -0.2) is 104 Å². The van der Waals surface area contributed by atoms with Gasteiger partial charge in [0.15, 0.2) is 78.0 Å². The lowest BCUT2D eigenvalue weighted by atomic mass is 9.95. The van der Waals surface area contributed by atoms with E-state index in [1.165, 1.54) is 0 Å². The van der Waals surface area contributed by atoms with E-state index in [1.54, 1.807) is 0 Å². The van der Waals surface area contributed by atoms with Crippen molar-refractivity contribution in [3.63, 3.8) is 0 Å². The van der Waals surface area contributed by atoms with Gasteiger partial charge in [0.2, 0.25) is 12.5 Å². The van der Waals surface area contributed by atoms with Crippen molar-refractivity contribution in [2.45, 2.75) is 95.0 Å². The van der Waals surface area contributed by atoms with Gasteiger partial charge in [0.05, 0.1) is 0 Å². The monoisotopic (exact) mass is 1920 g/mol. The molecule has 0 heterocycles. The topological polar surface area (TPSA) is 46.5 Å². The van der Waals surface area contributed by atoms with Crippen LogP contribution in [0.2, 0.25) is 0 Å². The number of alkyl halides is 45. The molecule has 0 aliphatic heterocycles. The summed E-state index contributed by atoms with van der Waals surface area (Å²) in [5.74, 6) is 0. The predicted molar refractivity (Wildman–Crippen MR) is 335 cm³/mol. The van der Waals surface area contributed by atoms with Crippen molar-refractivity contribution in [2.75, 3.05) is 0 Å². The van der Waals surface area contributed by atoms with E-state index in [9.17, 15) is 8.76 Å². The number of hydrogen-bond donors (Lipinski definition) is 1. The average molecular weight is 1940 g/mol. The number of halogens is 45. The third-order valence-corrected chi connectivity index (χ3v) is 41.5. The summed E-state index contributed by atoms with van der Waals surface area (Å²) in [6, 6.07) is 0. The second-order valence-corrected chi connectivity index (χ2v) is 43.5. The van der Waals surface area contributed by atoms with Gasteiger partial charge in [0.1, 0.15) is 0 Å². The molecule has 0 aliphatic rings. The molecular weight excluding hydrogens is 1940 g/mol. The fraction of sp³-hybridized carbons (Fsp3) is 1.00. The lowest BCUT2D eigenvalue weighted by Crippen LogP contribution is -2.77. The molecule has 1 N–H and O–H groups in total. The number of rotatable bonds is 22. The Labute approximate surface area is 630 Å². The zero-order valence-corrected chi connectivity index (χ0v) is 64.5. The van der Waals surface area contributed by atoms with E-state index in [2.05, 4.69) is 4.18 Å². The van der Waals surface area contributed by atoms with E-state index in [-0.39, 0.29) is 0 Å². The molecule has 0 rings (SSSR count). The summed E-state index contributed by atoms with van der Waals surface area (Å²) in [5, 5.41) is 0. The summed E-state index contributed by atoms with van der Waals surface area (Å²) < 4.78 is -55.9. The van der Waals surface area contributed by atoms with Gasteiger partial charge in [-0.2, -0.15) is 4.21 Å². The highest BCUT2D eigenvalue weighted by atomic mass is 35.6. The van der Waals surface area contributed by atoms with Crippen LogP contribution >= 0.6 is 522 Å². The van der Waals surface area contributed by atoms with Crippen LogP contribution < -0.4 is 0 Å². The summed E-state index contributed by atoms with van der Waals surface area (Å²) in [4.78, 5) is 0. The zero-order valence-electron chi connectivity index (χ0n) is 29.7. The van der Waals surface area contributed by atoms with Crippen molar-refractivity contribution in [2.24, 2.45) is 0 Å². The average Bonchev–Trinajstić information content (AvgIpc) is 3.11. The second kappa shape index (κ2) is 25.2. The van der Waals surface area contributed by atoms with E-state index < -0.39 is 106 Å². The Bertz CT molecular complexity index is 1970. The summed E-state index contributed by atoms with van der Waals surface area (Å²) >= 11 is 286. The molecule has 0 bridgehead atoms. The third kappa shape index (κ3) is 12.8. The lowest BCUT2D eigenvalue weighted by molar-refractivity contribution is 0.208. The summed E-state index contributed by atoms with van der Waals surface area (Å²) in [6.07, 6.45) is 0. The highest BCUT2D eigenvalue weighted by molar-refractivity contribution is 7.74. The number of hydrogen-bond acceptors (Lipinski definition) is 2. The van der Waals surface area contributed by atoms with E-state index in [0.29, 0.717) is 0 Å². The highest BCUT2D eigenvalue weighted by Gasteiger charge is 2.90. The van der Waals surface area contributed by atoms with E-state index in [0.717, 1.165) is 0 Å². The lowest BCUT2D eigenvalue weighted by Gasteiger charge is -2.59. The Morgan fingerprint density at radius 2 is 0.296 bits per heavy atom. The maximum absolute atomic E-state index is 11.4. The molecule has 1 unspecified atom stereocenters. The Morgan fingerprint density at radius 3 is 0.394 bits per heavy atom. The molecule has 3 nitrogen and oxygen atoms in total. The Balaban J connectivity index is 8.10. The molecule has 0 aliphatic carbocycles. The van der Waals surface area contributed by atoms with Crippen LogP contribution in [0.5, 0.6) is 0 Å². The van der Waals surface area contributed by atoms with Crippen LogP contribution in [0.1, 0.15) is 0 Å². The van der Waals surface area contributed by atoms with Crippen molar-refractivity contribution >= 4 is 533 Å². The van der Waals surface area contributed by atoms with Gasteiger partial charge in [0, 0.05) is 0 Å². The second-order valence-electron chi connectivity index (χ2n) is 12.8. The molecule has 0 fully saturated rings. The first-order valence-corrected chi connectivity index (χ1v) is 32.5. The van der Waals surface area contributed by atoms with E-state index in [1.807, 2.05) is 0 Å². The molecule has 428 valence electrons. The standard InChI is InChI=1S/C22HCl45O3S/c23-1(24,3(27,28)5(31,32)7(35,36)9(39,40)11(43,44)13(47,48)15(51,52)17(55,56)19(59,60)21(63,64)65)2(25,26)4(29,30)6(33,34)8(37,38)10(41,42)12(45,46)14(49,50)16(53,54)18(57,58)20(61,62)22(66,67)70-71(68)69/h(H,68,69). The smallest absolute Gasteiger partial charge is 0.284 e. The minimum Gasteiger partial charge on any atom is -0.284 e. The molecule has 0 amide bonds. The van der Waals surface area contributed by atoms with Crippen molar-refractivity contribution in [1.29, 1.82) is 0 Å². The van der Waals surface area contributed by atoms with Gasteiger partial charge >= 0.3 is 11.4 Å². The van der Waals surface area contributed by atoms with Crippen LogP contribution in [0.25, 0.3) is 0 Å². The van der Waals surface area contributed by atoms with Gasteiger partial charge in [-0.1, -0.05) is 522 Å². The Hall–Kier alpha value is 13.1. The van der Waals surface area contributed by atoms with Gasteiger partial charge < -0.3 is 0 Å². The third-order valence-electron chi connectivity index (χ3n) is 8.39. The first kappa shape index (κ1) is 84.1. The summed E-state index contributed by atoms with van der Waals surface area (Å²) in [5.41, 5.74) is 0. The summed E-state index contributed by atoms with van der Waals surface area (Å²) in [6.45, 7) is 0. The maximum Gasteiger partial charge on any atom is 0.304 e. The van der Waals surface area contributed by atoms with Crippen LogP contribution in [0, 0.1) is 0 Å². The Morgan fingerprint density at radius 1 is 0.197 bits per heavy atom. The van der Waals surface area contributed by atoms with Crippen molar-refractivity contribution in [1.82, 2.24) is 0 Å². The first-order valence-electron chi connectivity index (χ1n) is 14.5. The minimum atomic E-state index is -3.91. The van der Waals surface area contributed by atoms with E-state index in [4.69, 9.17) is 522 Å². The van der Waals surface area contributed by atoms with Gasteiger partial charge in [-0.3, -0.25) is 4.55 Å². The minimum absolute atomic E-state index is 2.93. The fourth-order valence-corrected chi connectivity index (χ4v) is 20.3. The molecule has 0 radical (unpaired) electrons. The molecule has 0 spiro atoms. The van der Waals surface area contributed by atoms with Gasteiger partial charge in [-0.05, 0) is 0 Å². The van der Waals surface area contributed by atoms with Crippen LogP contribution in [0.4, 0.5) is 0 Å². The molecule has 0 saturated carbocycles. The van der Waals surface area contributed by atoms with E-state index >= 15 is 0 Å². The largest absolute Gasteiger partial charge is 0.304 e. The molecule has 71 heavy (non-hydrogen) atoms. The first-order chi connectivity index (χ1) is 29.7. The van der Waals surface area contributed by atoms with Crippen molar-refractivity contribution < 1.29 is 12.9 Å². The molecule has 0 aromatic carbocycles. The zero-order chi connectivity index (χ0) is 59.3. The molecule has 49 heteroatoms. The molecule has 1 atom stereocenters. The van der Waals surface area contributed by atoms with Gasteiger partial charge in [0.25, 0.3) is 4.52 Å². The Kier molecular flexibility index (Phi) is 29.9.